The zero-order chi connectivity index (χ0) is 14.7. The van der Waals surface area contributed by atoms with E-state index in [1.165, 1.54) is 10.5 Å². The van der Waals surface area contributed by atoms with Gasteiger partial charge in [0.05, 0.1) is 25.2 Å². The summed E-state index contributed by atoms with van der Waals surface area (Å²) in [5, 5.41) is 6.58. The van der Waals surface area contributed by atoms with E-state index in [2.05, 4.69) is 35.8 Å². The lowest BCUT2D eigenvalue weighted by molar-refractivity contribution is -0.126. The first-order valence-electron chi connectivity index (χ1n) is 7.63. The average Bonchev–Trinajstić information content (AvgIpc) is 2.96. The summed E-state index contributed by atoms with van der Waals surface area (Å²) in [6, 6.07) is 8.64. The zero-order valence-corrected chi connectivity index (χ0v) is 13.1. The number of carbonyl (C=O) groups is 1. The van der Waals surface area contributed by atoms with E-state index in [4.69, 9.17) is 4.74 Å². The van der Waals surface area contributed by atoms with Crippen LogP contribution in [0.3, 0.4) is 0 Å². The molecule has 1 fully saturated rings. The Hall–Kier alpha value is -1.04. The second-order valence-corrected chi connectivity index (χ2v) is 6.68. The predicted octanol–water partition coefficient (Wildman–Crippen LogP) is 1.96. The van der Waals surface area contributed by atoms with Crippen molar-refractivity contribution in [3.63, 3.8) is 0 Å². The first kappa shape index (κ1) is 14.9. The van der Waals surface area contributed by atoms with Crippen molar-refractivity contribution in [2.75, 3.05) is 25.5 Å². The summed E-state index contributed by atoms with van der Waals surface area (Å²) in [6.45, 7) is 4.07. The van der Waals surface area contributed by atoms with Crippen LogP contribution in [0.5, 0.6) is 0 Å². The van der Waals surface area contributed by atoms with Crippen molar-refractivity contribution in [2.45, 2.75) is 30.3 Å². The van der Waals surface area contributed by atoms with Gasteiger partial charge in [-0.3, -0.25) is 4.79 Å². The maximum absolute atomic E-state index is 12.6. The number of thioether (sulfide) groups is 1. The monoisotopic (exact) mass is 306 g/mol. The van der Waals surface area contributed by atoms with Crippen molar-refractivity contribution in [2.24, 2.45) is 5.92 Å². The summed E-state index contributed by atoms with van der Waals surface area (Å²) in [6.07, 6.45) is 0.993. The predicted molar refractivity (Wildman–Crippen MR) is 84.4 cm³/mol. The molecule has 2 heterocycles. The molecule has 0 bridgehead atoms. The van der Waals surface area contributed by atoms with Crippen LogP contribution in [0.15, 0.2) is 29.2 Å². The Bertz CT molecular complexity index is 509. The highest BCUT2D eigenvalue weighted by Crippen LogP contribution is 2.36. The molecule has 0 spiro atoms. The molecule has 5 heteroatoms. The van der Waals surface area contributed by atoms with Gasteiger partial charge in [-0.25, -0.2) is 0 Å². The van der Waals surface area contributed by atoms with Crippen molar-refractivity contribution in [1.29, 1.82) is 0 Å². The SMILES string of the molecule is CCNC1COCC1C(=O)NC1CCSc2ccccc21. The summed E-state index contributed by atoms with van der Waals surface area (Å²) in [5.74, 6) is 1.09. The number of carbonyl (C=O) groups excluding carboxylic acids is 1. The van der Waals surface area contributed by atoms with E-state index in [-0.39, 0.29) is 23.9 Å². The van der Waals surface area contributed by atoms with Gasteiger partial charge in [0.2, 0.25) is 5.91 Å². The van der Waals surface area contributed by atoms with Crippen LogP contribution >= 0.6 is 11.8 Å². The Morgan fingerprint density at radius 1 is 1.38 bits per heavy atom. The number of rotatable bonds is 4. The molecule has 0 radical (unpaired) electrons. The van der Waals surface area contributed by atoms with Gasteiger partial charge in [0.1, 0.15) is 0 Å². The lowest BCUT2D eigenvalue weighted by Crippen LogP contribution is -2.45. The maximum Gasteiger partial charge on any atom is 0.227 e. The molecule has 1 saturated heterocycles. The number of hydrogen-bond acceptors (Lipinski definition) is 4. The van der Waals surface area contributed by atoms with Gasteiger partial charge in [-0.05, 0) is 24.6 Å². The van der Waals surface area contributed by atoms with Crippen LogP contribution < -0.4 is 10.6 Å². The third-order valence-corrected chi connectivity index (χ3v) is 5.28. The zero-order valence-electron chi connectivity index (χ0n) is 12.3. The van der Waals surface area contributed by atoms with E-state index in [1.807, 2.05) is 17.8 Å². The third kappa shape index (κ3) is 3.25. The summed E-state index contributed by atoms with van der Waals surface area (Å²) in [7, 11) is 0. The van der Waals surface area contributed by atoms with E-state index >= 15 is 0 Å². The number of amides is 1. The highest BCUT2D eigenvalue weighted by atomic mass is 32.2. The Morgan fingerprint density at radius 2 is 2.24 bits per heavy atom. The van der Waals surface area contributed by atoms with Crippen molar-refractivity contribution in [1.82, 2.24) is 10.6 Å². The summed E-state index contributed by atoms with van der Waals surface area (Å²) in [4.78, 5) is 13.9. The number of benzene rings is 1. The number of nitrogens with one attached hydrogen (secondary N) is 2. The van der Waals surface area contributed by atoms with Crippen molar-refractivity contribution < 1.29 is 9.53 Å². The lowest BCUT2D eigenvalue weighted by Gasteiger charge is -2.28. The normalized spacial score (nSPS) is 28.1. The Kier molecular flexibility index (Phi) is 4.83. The van der Waals surface area contributed by atoms with Gasteiger partial charge < -0.3 is 15.4 Å². The topological polar surface area (TPSA) is 50.4 Å². The molecule has 1 aromatic rings. The second kappa shape index (κ2) is 6.81. The molecule has 0 aliphatic carbocycles. The van der Waals surface area contributed by atoms with Crippen LogP contribution in [0.1, 0.15) is 24.9 Å². The van der Waals surface area contributed by atoms with E-state index in [0.717, 1.165) is 18.7 Å². The number of likely N-dealkylation sites (N-methyl/N-ethyl adjacent to an activating group) is 1. The molecule has 2 N–H and O–H groups in total. The largest absolute Gasteiger partial charge is 0.379 e. The molecular weight excluding hydrogens is 284 g/mol. The van der Waals surface area contributed by atoms with Crippen molar-refractivity contribution in [3.05, 3.63) is 29.8 Å². The molecule has 1 aromatic carbocycles. The van der Waals surface area contributed by atoms with Crippen LogP contribution in [0, 0.1) is 5.92 Å². The van der Waals surface area contributed by atoms with Gasteiger partial charge in [0, 0.05) is 16.7 Å². The first-order valence-corrected chi connectivity index (χ1v) is 8.61. The molecular formula is C16H22N2O2S. The number of ether oxygens (including phenoxy) is 1. The second-order valence-electron chi connectivity index (χ2n) is 5.54. The average molecular weight is 306 g/mol. The van der Waals surface area contributed by atoms with Gasteiger partial charge in [-0.2, -0.15) is 0 Å². The van der Waals surface area contributed by atoms with Gasteiger partial charge >= 0.3 is 0 Å². The number of fused-ring (bicyclic) bond motifs is 1. The van der Waals surface area contributed by atoms with E-state index in [1.54, 1.807) is 0 Å². The minimum Gasteiger partial charge on any atom is -0.379 e. The molecule has 2 aliphatic rings. The third-order valence-electron chi connectivity index (χ3n) is 4.16. The van der Waals surface area contributed by atoms with Crippen molar-refractivity contribution >= 4 is 17.7 Å². The smallest absolute Gasteiger partial charge is 0.227 e. The molecule has 0 aromatic heterocycles. The summed E-state index contributed by atoms with van der Waals surface area (Å²) >= 11 is 1.87. The molecule has 1 amide bonds. The first-order chi connectivity index (χ1) is 10.3. The lowest BCUT2D eigenvalue weighted by atomic mass is 9.99. The van der Waals surface area contributed by atoms with Crippen LogP contribution in [-0.2, 0) is 9.53 Å². The summed E-state index contributed by atoms with van der Waals surface area (Å²) in [5.41, 5.74) is 1.25. The molecule has 2 aliphatic heterocycles. The molecule has 3 atom stereocenters. The molecule has 114 valence electrons. The van der Waals surface area contributed by atoms with Crippen LogP contribution in [0.25, 0.3) is 0 Å². The quantitative estimate of drug-likeness (QED) is 0.893. The van der Waals surface area contributed by atoms with Crippen LogP contribution in [-0.4, -0.2) is 37.5 Å². The Labute approximate surface area is 130 Å². The van der Waals surface area contributed by atoms with E-state index < -0.39 is 0 Å². The molecule has 21 heavy (non-hydrogen) atoms. The highest BCUT2D eigenvalue weighted by Gasteiger charge is 2.35. The van der Waals surface area contributed by atoms with Crippen LogP contribution in [0.2, 0.25) is 0 Å². The van der Waals surface area contributed by atoms with E-state index in [0.29, 0.717) is 13.2 Å². The van der Waals surface area contributed by atoms with Crippen molar-refractivity contribution in [3.8, 4) is 0 Å². The standard InChI is InChI=1S/C16H22N2O2S/c1-2-17-14-10-20-9-12(14)16(19)18-13-7-8-21-15-6-4-3-5-11(13)15/h3-6,12-14,17H,2,7-10H2,1H3,(H,18,19). The Morgan fingerprint density at radius 3 is 3.10 bits per heavy atom. The van der Waals surface area contributed by atoms with Gasteiger partial charge in [-0.1, -0.05) is 25.1 Å². The minimum atomic E-state index is -0.0771. The minimum absolute atomic E-state index is 0.0771. The van der Waals surface area contributed by atoms with Gasteiger partial charge in [-0.15, -0.1) is 11.8 Å². The Balaban J connectivity index is 1.68. The fourth-order valence-corrected chi connectivity index (χ4v) is 4.17. The highest BCUT2D eigenvalue weighted by molar-refractivity contribution is 7.99. The number of hydrogen-bond donors (Lipinski definition) is 2. The fraction of sp³-hybridized carbons (Fsp3) is 0.562. The van der Waals surface area contributed by atoms with Gasteiger partial charge in [0.15, 0.2) is 0 Å². The molecule has 0 saturated carbocycles. The maximum atomic E-state index is 12.6. The molecule has 3 unspecified atom stereocenters. The van der Waals surface area contributed by atoms with Crippen LogP contribution in [0.4, 0.5) is 0 Å². The molecule has 3 rings (SSSR count). The van der Waals surface area contributed by atoms with E-state index in [9.17, 15) is 4.79 Å². The van der Waals surface area contributed by atoms with Gasteiger partial charge in [0.25, 0.3) is 0 Å². The summed E-state index contributed by atoms with van der Waals surface area (Å²) < 4.78 is 5.47. The fourth-order valence-electron chi connectivity index (χ4n) is 3.05. The molecule has 4 nitrogen and oxygen atoms in total.